The molecule has 2 heterocycles. The molecule has 7 heteroatoms. The predicted octanol–water partition coefficient (Wildman–Crippen LogP) is 4.51. The SMILES string of the molecule is CS(=O)(=O)c1cccc(C(=O)c2cnc(N3CCCC[C@H]3c3ccccc3)s2)c1. The highest BCUT2D eigenvalue weighted by Gasteiger charge is 2.27. The van der Waals surface area contributed by atoms with Crippen molar-refractivity contribution in [2.45, 2.75) is 30.2 Å². The van der Waals surface area contributed by atoms with Crippen LogP contribution in [-0.4, -0.2) is 32.0 Å². The third kappa shape index (κ3) is 4.26. The number of ketones is 1. The third-order valence-electron chi connectivity index (χ3n) is 5.17. The van der Waals surface area contributed by atoms with Gasteiger partial charge in [0, 0.05) is 18.4 Å². The minimum Gasteiger partial charge on any atom is -0.341 e. The highest BCUT2D eigenvalue weighted by Crippen LogP contribution is 2.37. The number of rotatable bonds is 5. The number of aromatic nitrogens is 1. The van der Waals surface area contributed by atoms with Crippen LogP contribution in [0.4, 0.5) is 5.13 Å². The minimum atomic E-state index is -3.36. The Kier molecular flexibility index (Phi) is 5.52. The van der Waals surface area contributed by atoms with Crippen molar-refractivity contribution in [1.82, 2.24) is 4.98 Å². The molecular weight excluding hydrogens is 404 g/mol. The first kappa shape index (κ1) is 19.8. The Morgan fingerprint density at radius 3 is 2.66 bits per heavy atom. The molecule has 0 bridgehead atoms. The van der Waals surface area contributed by atoms with Crippen LogP contribution >= 0.6 is 11.3 Å². The number of hydrogen-bond donors (Lipinski definition) is 0. The summed E-state index contributed by atoms with van der Waals surface area (Å²) in [7, 11) is -3.36. The summed E-state index contributed by atoms with van der Waals surface area (Å²) in [6.45, 7) is 0.907. The summed E-state index contributed by atoms with van der Waals surface area (Å²) in [6, 6.07) is 16.8. The van der Waals surface area contributed by atoms with E-state index in [2.05, 4.69) is 22.0 Å². The van der Waals surface area contributed by atoms with E-state index in [0.717, 1.165) is 30.8 Å². The smallest absolute Gasteiger partial charge is 0.204 e. The monoisotopic (exact) mass is 426 g/mol. The van der Waals surface area contributed by atoms with Gasteiger partial charge in [-0.25, -0.2) is 13.4 Å². The van der Waals surface area contributed by atoms with Gasteiger partial charge in [-0.2, -0.15) is 0 Å². The first-order valence-corrected chi connectivity index (χ1v) is 12.3. The van der Waals surface area contributed by atoms with E-state index in [1.54, 1.807) is 18.3 Å². The zero-order valence-corrected chi connectivity index (χ0v) is 17.7. The second-order valence-corrected chi connectivity index (χ2v) is 10.3. The predicted molar refractivity (Wildman–Crippen MR) is 115 cm³/mol. The molecule has 2 aromatic carbocycles. The van der Waals surface area contributed by atoms with Crippen LogP contribution in [-0.2, 0) is 9.84 Å². The molecule has 1 fully saturated rings. The molecular formula is C22H22N2O3S2. The van der Waals surface area contributed by atoms with Gasteiger partial charge < -0.3 is 4.90 Å². The van der Waals surface area contributed by atoms with Crippen LogP contribution in [0.15, 0.2) is 65.7 Å². The number of thiazole rings is 1. The van der Waals surface area contributed by atoms with Gasteiger partial charge in [-0.1, -0.05) is 53.8 Å². The molecule has 1 aliphatic rings. The number of piperidine rings is 1. The Hall–Kier alpha value is -2.51. The fraction of sp³-hybridized carbons (Fsp3) is 0.273. The van der Waals surface area contributed by atoms with Gasteiger partial charge >= 0.3 is 0 Å². The molecule has 1 atom stereocenters. The average Bonchev–Trinajstić information content (AvgIpc) is 3.23. The van der Waals surface area contributed by atoms with Crippen LogP contribution in [0.3, 0.4) is 0 Å². The first-order chi connectivity index (χ1) is 13.9. The largest absolute Gasteiger partial charge is 0.341 e. The van der Waals surface area contributed by atoms with Gasteiger partial charge in [0.1, 0.15) is 0 Å². The van der Waals surface area contributed by atoms with Gasteiger partial charge in [-0.15, -0.1) is 0 Å². The Morgan fingerprint density at radius 2 is 1.90 bits per heavy atom. The van der Waals surface area contributed by atoms with E-state index in [1.807, 2.05) is 18.2 Å². The molecule has 5 nitrogen and oxygen atoms in total. The van der Waals surface area contributed by atoms with Crippen LogP contribution in [0.1, 0.15) is 46.1 Å². The number of carbonyl (C=O) groups excluding carboxylic acids is 1. The Morgan fingerprint density at radius 1 is 1.10 bits per heavy atom. The van der Waals surface area contributed by atoms with E-state index in [4.69, 9.17) is 0 Å². The summed E-state index contributed by atoms with van der Waals surface area (Å²) in [5, 5.41) is 0.834. The lowest BCUT2D eigenvalue weighted by molar-refractivity contribution is 0.104. The molecule has 0 aliphatic carbocycles. The molecule has 0 spiro atoms. The van der Waals surface area contributed by atoms with E-state index in [1.165, 1.54) is 35.5 Å². The zero-order chi connectivity index (χ0) is 20.4. The van der Waals surface area contributed by atoms with Gasteiger partial charge in [0.25, 0.3) is 0 Å². The Bertz CT molecular complexity index is 1120. The van der Waals surface area contributed by atoms with Gasteiger partial charge in [0.05, 0.1) is 22.0 Å². The van der Waals surface area contributed by atoms with E-state index in [9.17, 15) is 13.2 Å². The second kappa shape index (κ2) is 8.08. The van der Waals surface area contributed by atoms with Crippen LogP contribution in [0.25, 0.3) is 0 Å². The lowest BCUT2D eigenvalue weighted by Crippen LogP contribution is -2.33. The van der Waals surface area contributed by atoms with Crippen molar-refractivity contribution in [2.24, 2.45) is 0 Å². The van der Waals surface area contributed by atoms with Crippen LogP contribution in [0.2, 0.25) is 0 Å². The molecule has 29 heavy (non-hydrogen) atoms. The van der Waals surface area contributed by atoms with Crippen LogP contribution in [0.5, 0.6) is 0 Å². The van der Waals surface area contributed by atoms with Crippen molar-refractivity contribution in [2.75, 3.05) is 17.7 Å². The Labute approximate surface area is 175 Å². The summed E-state index contributed by atoms with van der Waals surface area (Å²) >= 11 is 1.37. The van der Waals surface area contributed by atoms with E-state index < -0.39 is 9.84 Å². The summed E-state index contributed by atoms with van der Waals surface area (Å²) in [6.07, 6.45) is 6.07. The highest BCUT2D eigenvalue weighted by molar-refractivity contribution is 7.90. The number of carbonyl (C=O) groups is 1. The van der Waals surface area contributed by atoms with Gasteiger partial charge in [-0.3, -0.25) is 4.79 Å². The normalized spacial score (nSPS) is 17.3. The van der Waals surface area contributed by atoms with Gasteiger partial charge in [-0.05, 0) is 37.0 Å². The fourth-order valence-electron chi connectivity index (χ4n) is 3.70. The van der Waals surface area contributed by atoms with Crippen molar-refractivity contribution in [3.8, 4) is 0 Å². The zero-order valence-electron chi connectivity index (χ0n) is 16.1. The number of nitrogens with zero attached hydrogens (tertiary/aromatic N) is 2. The molecule has 0 N–H and O–H groups in total. The lowest BCUT2D eigenvalue weighted by Gasteiger charge is -2.35. The molecule has 1 saturated heterocycles. The van der Waals surface area contributed by atoms with E-state index in [-0.39, 0.29) is 16.7 Å². The maximum atomic E-state index is 12.9. The highest BCUT2D eigenvalue weighted by atomic mass is 32.2. The summed E-state index contributed by atoms with van der Waals surface area (Å²) in [4.78, 5) is 20.4. The van der Waals surface area contributed by atoms with Crippen molar-refractivity contribution in [1.29, 1.82) is 0 Å². The van der Waals surface area contributed by atoms with E-state index in [0.29, 0.717) is 10.4 Å². The number of anilines is 1. The molecule has 0 unspecified atom stereocenters. The summed E-state index contributed by atoms with van der Waals surface area (Å²) in [5.74, 6) is -0.201. The number of hydrogen-bond acceptors (Lipinski definition) is 6. The quantitative estimate of drug-likeness (QED) is 0.562. The molecule has 0 radical (unpaired) electrons. The van der Waals surface area contributed by atoms with Crippen molar-refractivity contribution in [3.63, 3.8) is 0 Å². The maximum Gasteiger partial charge on any atom is 0.204 e. The minimum absolute atomic E-state index is 0.147. The van der Waals surface area contributed by atoms with Gasteiger partial charge in [0.15, 0.2) is 15.0 Å². The molecule has 1 aromatic heterocycles. The molecule has 3 aromatic rings. The molecule has 1 aliphatic heterocycles. The maximum absolute atomic E-state index is 12.9. The standard InChI is InChI=1S/C22H22N2O3S2/c1-29(26,27)18-11-7-10-17(14-18)21(25)20-15-23-22(28-20)24-13-6-5-12-19(24)16-8-3-2-4-9-16/h2-4,7-11,14-15,19H,5-6,12-13H2,1H3/t19-/m0/s1. The summed E-state index contributed by atoms with van der Waals surface area (Å²) < 4.78 is 23.6. The lowest BCUT2D eigenvalue weighted by atomic mass is 9.96. The van der Waals surface area contributed by atoms with Gasteiger partial charge in [0.2, 0.25) is 5.78 Å². The Balaban J connectivity index is 1.61. The number of sulfone groups is 1. The third-order valence-corrected chi connectivity index (χ3v) is 7.32. The van der Waals surface area contributed by atoms with Crippen LogP contribution in [0, 0.1) is 0 Å². The van der Waals surface area contributed by atoms with Crippen molar-refractivity contribution >= 4 is 32.1 Å². The van der Waals surface area contributed by atoms with Crippen molar-refractivity contribution in [3.05, 3.63) is 76.8 Å². The first-order valence-electron chi connectivity index (χ1n) is 9.56. The second-order valence-electron chi connectivity index (χ2n) is 7.25. The number of benzene rings is 2. The molecule has 0 saturated carbocycles. The van der Waals surface area contributed by atoms with Crippen molar-refractivity contribution < 1.29 is 13.2 Å². The molecule has 0 amide bonds. The fourth-order valence-corrected chi connectivity index (χ4v) is 5.32. The average molecular weight is 427 g/mol. The van der Waals surface area contributed by atoms with E-state index >= 15 is 0 Å². The van der Waals surface area contributed by atoms with Crippen LogP contribution < -0.4 is 4.90 Å². The summed E-state index contributed by atoms with van der Waals surface area (Å²) in [5.41, 5.74) is 1.62. The molecule has 4 rings (SSSR count). The topological polar surface area (TPSA) is 67.3 Å². The molecule has 150 valence electrons.